The molecule has 1 amide bonds. The lowest BCUT2D eigenvalue weighted by Gasteiger charge is -2.17. The fourth-order valence-electron chi connectivity index (χ4n) is 3.19. The van der Waals surface area contributed by atoms with Crippen LogP contribution in [0.3, 0.4) is 0 Å². The number of nitrogens with zero attached hydrogens (tertiary/aromatic N) is 2. The molecule has 1 aromatic heterocycles. The van der Waals surface area contributed by atoms with Crippen molar-refractivity contribution >= 4 is 23.3 Å². The van der Waals surface area contributed by atoms with E-state index in [0.717, 1.165) is 16.3 Å². The third kappa shape index (κ3) is 6.05. The van der Waals surface area contributed by atoms with E-state index in [1.165, 1.54) is 27.4 Å². The molecule has 3 aromatic rings. The monoisotopic (exact) mass is 479 g/mol. The Labute approximate surface area is 202 Å². The quantitative estimate of drug-likeness (QED) is 0.429. The number of methoxy groups -OCH3 is 3. The summed E-state index contributed by atoms with van der Waals surface area (Å²) in [6, 6.07) is 11.8. The van der Waals surface area contributed by atoms with Crippen LogP contribution in [0.2, 0.25) is 0 Å². The number of para-hydroxylation sites is 1. The summed E-state index contributed by atoms with van der Waals surface area (Å²) in [5.41, 5.74) is 2.08. The Hall–Kier alpha value is -4.03. The molecule has 1 N–H and O–H groups in total. The van der Waals surface area contributed by atoms with Gasteiger partial charge in [-0.2, -0.15) is 5.26 Å². The molecule has 0 saturated carbocycles. The summed E-state index contributed by atoms with van der Waals surface area (Å²) in [6.07, 6.45) is 3.00. The van der Waals surface area contributed by atoms with E-state index in [0.29, 0.717) is 35.2 Å². The Kier molecular flexibility index (Phi) is 8.48. The van der Waals surface area contributed by atoms with Gasteiger partial charge in [-0.05, 0) is 36.8 Å². The summed E-state index contributed by atoms with van der Waals surface area (Å²) in [5, 5.41) is 15.3. The van der Waals surface area contributed by atoms with Gasteiger partial charge < -0.3 is 24.3 Å². The first-order valence-electron chi connectivity index (χ1n) is 10.3. The average molecular weight is 480 g/mol. The Bertz CT molecular complexity index is 1190. The molecule has 34 heavy (non-hydrogen) atoms. The van der Waals surface area contributed by atoms with Gasteiger partial charge in [-0.25, -0.2) is 4.98 Å². The minimum Gasteiger partial charge on any atom is -0.493 e. The Morgan fingerprint density at radius 1 is 1.15 bits per heavy atom. The fraction of sp³-hybridized carbons (Fsp3) is 0.240. The van der Waals surface area contributed by atoms with Crippen molar-refractivity contribution in [2.24, 2.45) is 0 Å². The van der Waals surface area contributed by atoms with Gasteiger partial charge in [-0.3, -0.25) is 4.79 Å². The van der Waals surface area contributed by atoms with Crippen molar-refractivity contribution in [2.45, 2.75) is 19.6 Å². The number of benzene rings is 2. The summed E-state index contributed by atoms with van der Waals surface area (Å²) in [7, 11) is 4.46. The molecule has 8 nitrogen and oxygen atoms in total. The first kappa shape index (κ1) is 24.6. The van der Waals surface area contributed by atoms with Crippen LogP contribution >= 0.6 is 11.3 Å². The molecule has 2 aromatic carbocycles. The summed E-state index contributed by atoms with van der Waals surface area (Å²) < 4.78 is 21.9. The zero-order valence-electron chi connectivity index (χ0n) is 19.3. The van der Waals surface area contributed by atoms with Gasteiger partial charge in [0.05, 0.1) is 38.1 Å². The van der Waals surface area contributed by atoms with E-state index in [9.17, 15) is 10.1 Å². The summed E-state index contributed by atoms with van der Waals surface area (Å²) in [5.74, 6) is 1.37. The Morgan fingerprint density at radius 3 is 2.44 bits per heavy atom. The number of aryl methyl sites for hydroxylation is 1. The zero-order chi connectivity index (χ0) is 24.5. The van der Waals surface area contributed by atoms with Crippen LogP contribution in [0.1, 0.15) is 27.9 Å². The lowest BCUT2D eigenvalue weighted by atomic mass is 10.1. The number of amides is 1. The first-order valence-corrected chi connectivity index (χ1v) is 11.2. The van der Waals surface area contributed by atoms with Crippen molar-refractivity contribution in [3.8, 4) is 29.1 Å². The lowest BCUT2D eigenvalue weighted by molar-refractivity contribution is -0.116. The van der Waals surface area contributed by atoms with E-state index in [1.54, 1.807) is 29.5 Å². The van der Waals surface area contributed by atoms with Crippen molar-refractivity contribution < 1.29 is 23.7 Å². The highest BCUT2D eigenvalue weighted by Crippen LogP contribution is 2.39. The number of nitriles is 1. The smallest absolute Gasteiger partial charge is 0.245 e. The molecule has 0 aliphatic rings. The molecule has 176 valence electrons. The zero-order valence-corrected chi connectivity index (χ0v) is 20.1. The van der Waals surface area contributed by atoms with Crippen LogP contribution in [0.15, 0.2) is 47.9 Å². The molecule has 0 aliphatic heterocycles. The molecule has 0 aliphatic carbocycles. The SMILES string of the molecule is COc1cc(C(C#N)NC(=O)C=Cc2ccccc2OCc2csc(C)n2)cc(OC)c1OC. The molecule has 9 heteroatoms. The molecule has 0 saturated heterocycles. The van der Waals surface area contributed by atoms with Crippen LogP contribution in [0.5, 0.6) is 23.0 Å². The Morgan fingerprint density at radius 2 is 1.85 bits per heavy atom. The third-order valence-corrected chi connectivity index (χ3v) is 5.63. The largest absolute Gasteiger partial charge is 0.493 e. The van der Waals surface area contributed by atoms with Gasteiger partial charge in [-0.1, -0.05) is 18.2 Å². The minimum absolute atomic E-state index is 0.332. The van der Waals surface area contributed by atoms with E-state index in [1.807, 2.05) is 36.6 Å². The number of carbonyl (C=O) groups excluding carboxylic acids is 1. The second-order valence-corrected chi connectivity index (χ2v) is 8.11. The number of ether oxygens (including phenoxy) is 4. The number of carbonyl (C=O) groups is 1. The predicted octanol–water partition coefficient (Wildman–Crippen LogP) is 4.45. The maximum atomic E-state index is 12.6. The average Bonchev–Trinajstić information content (AvgIpc) is 3.29. The van der Waals surface area contributed by atoms with E-state index in [2.05, 4.69) is 16.4 Å². The van der Waals surface area contributed by atoms with Gasteiger partial charge in [0.25, 0.3) is 0 Å². The molecule has 0 bridgehead atoms. The van der Waals surface area contributed by atoms with Crippen molar-refractivity contribution in [3.63, 3.8) is 0 Å². The second-order valence-electron chi connectivity index (χ2n) is 7.05. The second kappa shape index (κ2) is 11.7. The highest BCUT2D eigenvalue weighted by Gasteiger charge is 2.19. The molecule has 1 atom stereocenters. The van der Waals surface area contributed by atoms with Gasteiger partial charge in [0.1, 0.15) is 18.4 Å². The van der Waals surface area contributed by atoms with Crippen LogP contribution in [-0.4, -0.2) is 32.2 Å². The van der Waals surface area contributed by atoms with E-state index < -0.39 is 11.9 Å². The van der Waals surface area contributed by atoms with E-state index in [-0.39, 0.29) is 0 Å². The number of nitrogens with one attached hydrogen (secondary N) is 1. The standard InChI is InChI=1S/C25H25N3O5S/c1-16-27-19(15-34-16)14-33-21-8-6-5-7-17(21)9-10-24(29)28-20(13-26)18-11-22(30-2)25(32-4)23(12-18)31-3/h5-12,15,20H,14H2,1-4H3,(H,28,29). The molecular formula is C25H25N3O5S. The van der Waals surface area contributed by atoms with Gasteiger partial charge >= 0.3 is 0 Å². The topological polar surface area (TPSA) is 103 Å². The Balaban J connectivity index is 1.72. The van der Waals surface area contributed by atoms with E-state index in [4.69, 9.17) is 18.9 Å². The van der Waals surface area contributed by atoms with Crippen LogP contribution in [0, 0.1) is 18.3 Å². The molecule has 0 radical (unpaired) electrons. The number of thiazole rings is 1. The molecule has 3 rings (SSSR count). The van der Waals surface area contributed by atoms with Crippen molar-refractivity contribution in [1.82, 2.24) is 10.3 Å². The van der Waals surface area contributed by atoms with E-state index >= 15 is 0 Å². The van der Waals surface area contributed by atoms with Gasteiger partial charge in [0, 0.05) is 17.0 Å². The molecule has 0 fully saturated rings. The normalized spacial score (nSPS) is 11.5. The third-order valence-electron chi connectivity index (χ3n) is 4.81. The number of hydrogen-bond donors (Lipinski definition) is 1. The summed E-state index contributed by atoms with van der Waals surface area (Å²) in [4.78, 5) is 17.0. The maximum Gasteiger partial charge on any atom is 0.245 e. The summed E-state index contributed by atoms with van der Waals surface area (Å²) >= 11 is 1.56. The molecule has 1 unspecified atom stereocenters. The molecule has 1 heterocycles. The van der Waals surface area contributed by atoms with Gasteiger partial charge in [0.15, 0.2) is 11.5 Å². The van der Waals surface area contributed by atoms with Gasteiger partial charge in [0.2, 0.25) is 11.7 Å². The molecule has 0 spiro atoms. The van der Waals surface area contributed by atoms with Crippen molar-refractivity contribution in [1.29, 1.82) is 5.26 Å². The summed E-state index contributed by atoms with van der Waals surface area (Å²) in [6.45, 7) is 2.27. The predicted molar refractivity (Wildman–Crippen MR) is 129 cm³/mol. The minimum atomic E-state index is -0.926. The van der Waals surface area contributed by atoms with Crippen LogP contribution in [-0.2, 0) is 11.4 Å². The van der Waals surface area contributed by atoms with Crippen LogP contribution in [0.25, 0.3) is 6.08 Å². The number of aromatic nitrogens is 1. The fourth-order valence-corrected chi connectivity index (χ4v) is 3.79. The number of hydrogen-bond acceptors (Lipinski definition) is 8. The molecular weight excluding hydrogens is 454 g/mol. The lowest BCUT2D eigenvalue weighted by Crippen LogP contribution is -2.25. The van der Waals surface area contributed by atoms with Crippen LogP contribution < -0.4 is 24.3 Å². The first-order chi connectivity index (χ1) is 16.5. The van der Waals surface area contributed by atoms with Crippen molar-refractivity contribution in [3.05, 3.63) is 69.7 Å². The van der Waals surface area contributed by atoms with Crippen molar-refractivity contribution in [2.75, 3.05) is 21.3 Å². The van der Waals surface area contributed by atoms with Gasteiger partial charge in [-0.15, -0.1) is 11.3 Å². The number of rotatable bonds is 10. The highest BCUT2D eigenvalue weighted by atomic mass is 32.1. The van der Waals surface area contributed by atoms with Crippen LogP contribution in [0.4, 0.5) is 0 Å². The highest BCUT2D eigenvalue weighted by molar-refractivity contribution is 7.09. The maximum absolute atomic E-state index is 12.6.